The van der Waals surface area contributed by atoms with Gasteiger partial charge in [-0.05, 0) is 13.3 Å². The van der Waals surface area contributed by atoms with E-state index in [0.29, 0.717) is 5.92 Å². The Kier molecular flexibility index (Phi) is 6.66. The summed E-state index contributed by atoms with van der Waals surface area (Å²) < 4.78 is 0. The van der Waals surface area contributed by atoms with Crippen LogP contribution in [0.4, 0.5) is 0 Å². The number of nitrogens with zero attached hydrogens (tertiary/aromatic N) is 1. The minimum Gasteiger partial charge on any atom is -0.249 e. The van der Waals surface area contributed by atoms with Crippen LogP contribution in [0.3, 0.4) is 0 Å². The summed E-state index contributed by atoms with van der Waals surface area (Å²) in [6, 6.07) is 0. The maximum Gasteiger partial charge on any atom is 0.0955 e. The van der Waals surface area contributed by atoms with Gasteiger partial charge in [-0.15, -0.1) is 11.3 Å². The fraction of sp³-hybridized carbons (Fsp3) is 0.692. The average molecular weight is 224 g/mol. The molecule has 0 aromatic carbocycles. The van der Waals surface area contributed by atoms with Gasteiger partial charge in [0.2, 0.25) is 0 Å². The second-order valence-electron chi connectivity index (χ2n) is 4.12. The fourth-order valence-corrected chi connectivity index (χ4v) is 2.42. The lowest BCUT2D eigenvalue weighted by Gasteiger charge is -2.07. The van der Waals surface area contributed by atoms with Gasteiger partial charge >= 0.3 is 0 Å². The lowest BCUT2D eigenvalue weighted by molar-refractivity contribution is 0.571. The zero-order chi connectivity index (χ0) is 10.9. The van der Waals surface area contributed by atoms with Crippen molar-refractivity contribution in [2.24, 2.45) is 0 Å². The Morgan fingerprint density at radius 3 is 2.67 bits per heavy atom. The van der Waals surface area contributed by atoms with Gasteiger partial charge in [0, 0.05) is 17.5 Å². The number of hydrogen-bond donors (Lipinski definition) is 0. The van der Waals surface area contributed by atoms with Crippen LogP contribution < -0.4 is 0 Å². The van der Waals surface area contributed by atoms with Crippen molar-refractivity contribution < 1.29 is 0 Å². The number of rotatable bonds is 8. The van der Waals surface area contributed by atoms with Crippen LogP contribution in [0.5, 0.6) is 0 Å². The molecule has 0 spiro atoms. The minimum absolute atomic E-state index is 0.413. The lowest BCUT2D eigenvalue weighted by atomic mass is 10.0. The van der Waals surface area contributed by atoms with Gasteiger partial charge in [0.15, 0.2) is 0 Å². The highest BCUT2D eigenvalue weighted by Crippen LogP contribution is 2.23. The van der Waals surface area contributed by atoms with Crippen LogP contribution in [0.1, 0.15) is 62.8 Å². The maximum absolute atomic E-state index is 4.30. The van der Waals surface area contributed by atoms with Crippen molar-refractivity contribution in [2.75, 3.05) is 0 Å². The van der Waals surface area contributed by atoms with Crippen molar-refractivity contribution in [3.05, 3.63) is 23.5 Å². The first-order valence-corrected chi connectivity index (χ1v) is 6.95. The number of hydrogen-bond acceptors (Lipinski definition) is 2. The summed E-state index contributed by atoms with van der Waals surface area (Å²) in [4.78, 5) is 4.30. The number of unbranched alkanes of at least 4 members (excludes halogenated alkanes) is 5. The SMILES string of the molecule is [CH2]C(CCCCCCCC)c1nccs1. The largest absolute Gasteiger partial charge is 0.249 e. The molecule has 1 rings (SSSR count). The zero-order valence-corrected chi connectivity index (χ0v) is 10.6. The number of thiazole rings is 1. The second-order valence-corrected chi connectivity index (χ2v) is 5.05. The van der Waals surface area contributed by atoms with Gasteiger partial charge in [-0.3, -0.25) is 0 Å². The third-order valence-corrected chi connectivity index (χ3v) is 3.64. The summed E-state index contributed by atoms with van der Waals surface area (Å²) in [7, 11) is 0. The Hall–Kier alpha value is -0.370. The van der Waals surface area contributed by atoms with E-state index in [1.807, 2.05) is 11.6 Å². The van der Waals surface area contributed by atoms with Gasteiger partial charge in [-0.2, -0.15) is 0 Å². The molecule has 0 aliphatic heterocycles. The van der Waals surface area contributed by atoms with Crippen LogP contribution in [0.15, 0.2) is 11.6 Å². The summed E-state index contributed by atoms with van der Waals surface area (Å²) in [5, 5.41) is 3.23. The highest BCUT2D eigenvalue weighted by atomic mass is 32.1. The Balaban J connectivity index is 2.00. The summed E-state index contributed by atoms with van der Waals surface area (Å²) in [6.07, 6.45) is 11.2. The normalized spacial score (nSPS) is 12.9. The molecule has 1 aromatic rings. The second kappa shape index (κ2) is 7.86. The van der Waals surface area contributed by atoms with E-state index < -0.39 is 0 Å². The van der Waals surface area contributed by atoms with Crippen LogP contribution >= 0.6 is 11.3 Å². The van der Waals surface area contributed by atoms with E-state index in [1.54, 1.807) is 11.3 Å². The van der Waals surface area contributed by atoms with Crippen molar-refractivity contribution in [1.82, 2.24) is 4.98 Å². The molecule has 1 nitrogen and oxygen atoms in total. The maximum atomic E-state index is 4.30. The van der Waals surface area contributed by atoms with Crippen LogP contribution in [0.25, 0.3) is 0 Å². The van der Waals surface area contributed by atoms with Gasteiger partial charge < -0.3 is 0 Å². The van der Waals surface area contributed by atoms with Crippen LogP contribution in [0.2, 0.25) is 0 Å². The lowest BCUT2D eigenvalue weighted by Crippen LogP contribution is -1.92. The zero-order valence-electron chi connectivity index (χ0n) is 9.74. The van der Waals surface area contributed by atoms with Gasteiger partial charge in [-0.1, -0.05) is 45.4 Å². The van der Waals surface area contributed by atoms with Crippen LogP contribution in [-0.4, -0.2) is 4.98 Å². The highest BCUT2D eigenvalue weighted by molar-refractivity contribution is 7.09. The molecule has 15 heavy (non-hydrogen) atoms. The van der Waals surface area contributed by atoms with E-state index in [4.69, 9.17) is 0 Å². The van der Waals surface area contributed by atoms with Gasteiger partial charge in [-0.25, -0.2) is 4.98 Å². The summed E-state index contributed by atoms with van der Waals surface area (Å²) in [6.45, 7) is 6.42. The molecule has 0 bridgehead atoms. The molecule has 0 amide bonds. The van der Waals surface area contributed by atoms with E-state index in [-0.39, 0.29) is 0 Å². The quantitative estimate of drug-likeness (QED) is 0.577. The predicted molar refractivity (Wildman–Crippen MR) is 68.2 cm³/mol. The molecular formula is C13H22NS. The van der Waals surface area contributed by atoms with E-state index in [9.17, 15) is 0 Å². The Morgan fingerprint density at radius 2 is 2.00 bits per heavy atom. The van der Waals surface area contributed by atoms with Crippen LogP contribution in [0, 0.1) is 6.92 Å². The van der Waals surface area contributed by atoms with E-state index in [1.165, 1.54) is 50.0 Å². The van der Waals surface area contributed by atoms with Crippen LogP contribution in [-0.2, 0) is 0 Å². The van der Waals surface area contributed by atoms with Crippen molar-refractivity contribution in [3.8, 4) is 0 Å². The molecule has 1 heterocycles. The first-order valence-electron chi connectivity index (χ1n) is 6.07. The molecule has 0 saturated carbocycles. The summed E-state index contributed by atoms with van der Waals surface area (Å²) in [5.41, 5.74) is 0. The van der Waals surface area contributed by atoms with E-state index >= 15 is 0 Å². The molecule has 0 aliphatic carbocycles. The monoisotopic (exact) mass is 224 g/mol. The molecular weight excluding hydrogens is 202 g/mol. The molecule has 0 N–H and O–H groups in total. The molecule has 0 saturated heterocycles. The third-order valence-electron chi connectivity index (χ3n) is 2.71. The topological polar surface area (TPSA) is 12.9 Å². The number of aromatic nitrogens is 1. The smallest absolute Gasteiger partial charge is 0.0955 e. The van der Waals surface area contributed by atoms with Crippen molar-refractivity contribution in [1.29, 1.82) is 0 Å². The standard InChI is InChI=1S/C13H22NS/c1-3-4-5-6-7-8-9-12(2)13-14-10-11-15-13/h10-12H,2-9H2,1H3. The van der Waals surface area contributed by atoms with Gasteiger partial charge in [0.05, 0.1) is 5.01 Å². The average Bonchev–Trinajstić information content (AvgIpc) is 2.76. The first kappa shape index (κ1) is 12.7. The van der Waals surface area contributed by atoms with Gasteiger partial charge in [0.1, 0.15) is 0 Å². The van der Waals surface area contributed by atoms with Crippen molar-refractivity contribution in [2.45, 2.75) is 57.8 Å². The van der Waals surface area contributed by atoms with Gasteiger partial charge in [0.25, 0.3) is 0 Å². The Labute approximate surface area is 97.9 Å². The molecule has 2 heteroatoms. The third kappa shape index (κ3) is 5.31. The molecule has 0 fully saturated rings. The summed E-state index contributed by atoms with van der Waals surface area (Å²) in [5.74, 6) is 0.413. The fourth-order valence-electron chi connectivity index (χ4n) is 1.73. The Bertz CT molecular complexity index is 231. The Morgan fingerprint density at radius 1 is 1.27 bits per heavy atom. The predicted octanol–water partition coefficient (Wildman–Crippen LogP) is 4.81. The van der Waals surface area contributed by atoms with Crippen molar-refractivity contribution in [3.63, 3.8) is 0 Å². The summed E-state index contributed by atoms with van der Waals surface area (Å²) >= 11 is 1.73. The molecule has 1 unspecified atom stereocenters. The van der Waals surface area contributed by atoms with Crippen molar-refractivity contribution >= 4 is 11.3 Å². The molecule has 0 aliphatic rings. The van der Waals surface area contributed by atoms with E-state index in [2.05, 4.69) is 18.8 Å². The first-order chi connectivity index (χ1) is 7.34. The molecule has 1 atom stereocenters. The minimum atomic E-state index is 0.413. The molecule has 85 valence electrons. The van der Waals surface area contributed by atoms with E-state index in [0.717, 1.165) is 0 Å². The molecule has 1 aromatic heterocycles. The highest BCUT2D eigenvalue weighted by Gasteiger charge is 2.06. The molecule has 1 radical (unpaired) electrons.